The van der Waals surface area contributed by atoms with Crippen molar-refractivity contribution in [3.05, 3.63) is 36.0 Å². The van der Waals surface area contributed by atoms with Crippen molar-refractivity contribution in [1.29, 1.82) is 0 Å². The van der Waals surface area contributed by atoms with Crippen LogP contribution in [0.3, 0.4) is 0 Å². The van der Waals surface area contributed by atoms with Crippen LogP contribution in [0.1, 0.15) is 6.92 Å². The van der Waals surface area contributed by atoms with E-state index in [-0.39, 0.29) is 12.0 Å². The van der Waals surface area contributed by atoms with Crippen LogP contribution in [0.2, 0.25) is 0 Å². The molecule has 0 radical (unpaired) electrons. The lowest BCUT2D eigenvalue weighted by Crippen LogP contribution is -2.21. The maximum Gasteiger partial charge on any atom is 0.254 e. The highest BCUT2D eigenvalue weighted by Gasteiger charge is 2.23. The molecule has 1 amide bonds. The van der Waals surface area contributed by atoms with Crippen LogP contribution in [0, 0.1) is 0 Å². The number of hydrogen-bond donors (Lipinski definition) is 0. The second-order valence-electron chi connectivity index (χ2n) is 3.60. The molecule has 0 aromatic heterocycles. The number of methoxy groups -OCH3 is 1. The molecule has 1 aliphatic heterocycles. The van der Waals surface area contributed by atoms with Gasteiger partial charge in [0.1, 0.15) is 0 Å². The molecule has 0 aromatic rings. The normalized spacial score (nSPS) is 19.1. The third-order valence-electron chi connectivity index (χ3n) is 2.47. The van der Waals surface area contributed by atoms with Gasteiger partial charge < -0.3 is 9.64 Å². The first-order valence-electron chi connectivity index (χ1n) is 4.92. The molecule has 1 aliphatic rings. The number of likely N-dealkylation sites (N-methyl/N-ethyl adjacent to an activating group) is 1. The van der Waals surface area contributed by atoms with Crippen molar-refractivity contribution < 1.29 is 9.53 Å². The fourth-order valence-electron chi connectivity index (χ4n) is 1.45. The molecule has 0 fully saturated rings. The molecular formula is C12H17NO2. The number of carbonyl (C=O) groups is 1. The summed E-state index contributed by atoms with van der Waals surface area (Å²) in [6.45, 7) is 6.25. The Hall–Kier alpha value is -1.35. The lowest BCUT2D eigenvalue weighted by Gasteiger charge is -2.06. The molecule has 3 heteroatoms. The monoisotopic (exact) mass is 207 g/mol. The largest absolute Gasteiger partial charge is 0.378 e. The molecule has 0 N–H and O–H groups in total. The highest BCUT2D eigenvalue weighted by atomic mass is 16.5. The van der Waals surface area contributed by atoms with Crippen molar-refractivity contribution in [2.75, 3.05) is 20.7 Å². The highest BCUT2D eigenvalue weighted by Crippen LogP contribution is 2.19. The molecule has 82 valence electrons. The number of rotatable bonds is 4. The smallest absolute Gasteiger partial charge is 0.254 e. The fourth-order valence-corrected chi connectivity index (χ4v) is 1.45. The van der Waals surface area contributed by atoms with E-state index in [0.717, 1.165) is 5.57 Å². The Morgan fingerprint density at radius 1 is 1.60 bits per heavy atom. The molecule has 1 atom stereocenters. The summed E-state index contributed by atoms with van der Waals surface area (Å²) in [6, 6.07) is 0. The first-order chi connectivity index (χ1) is 7.10. The summed E-state index contributed by atoms with van der Waals surface area (Å²) in [7, 11) is 3.44. The molecule has 0 aliphatic carbocycles. The molecule has 0 saturated carbocycles. The predicted octanol–water partition coefficient (Wildman–Crippen LogP) is 1.53. The van der Waals surface area contributed by atoms with E-state index in [9.17, 15) is 4.79 Å². The molecule has 3 nitrogen and oxygen atoms in total. The minimum atomic E-state index is 0.0368. The molecule has 15 heavy (non-hydrogen) atoms. The molecule has 0 aromatic carbocycles. The van der Waals surface area contributed by atoms with E-state index in [1.807, 2.05) is 19.1 Å². The lowest BCUT2D eigenvalue weighted by atomic mass is 10.1. The van der Waals surface area contributed by atoms with Crippen LogP contribution < -0.4 is 0 Å². The minimum absolute atomic E-state index is 0.0368. The lowest BCUT2D eigenvalue weighted by molar-refractivity contribution is -0.124. The van der Waals surface area contributed by atoms with Gasteiger partial charge in [0.25, 0.3) is 5.91 Å². The van der Waals surface area contributed by atoms with Gasteiger partial charge in [-0.2, -0.15) is 0 Å². The quantitative estimate of drug-likeness (QED) is 0.699. The van der Waals surface area contributed by atoms with E-state index in [1.165, 1.54) is 0 Å². The summed E-state index contributed by atoms with van der Waals surface area (Å²) >= 11 is 0. The van der Waals surface area contributed by atoms with Gasteiger partial charge in [-0.1, -0.05) is 24.8 Å². The van der Waals surface area contributed by atoms with E-state index in [0.29, 0.717) is 12.1 Å². The van der Waals surface area contributed by atoms with Crippen LogP contribution in [0.15, 0.2) is 36.0 Å². The maximum atomic E-state index is 11.6. The van der Waals surface area contributed by atoms with Gasteiger partial charge in [-0.15, -0.1) is 0 Å². The standard InChI is InChI=1S/C12H17NO2/c1-5-11-10(7-6-9(2)15-4)8-13(3)12(11)14/h5-7,9H,1,8H2,2-4H3/b7-6-. The molecule has 1 unspecified atom stereocenters. The van der Waals surface area contributed by atoms with Crippen molar-refractivity contribution in [1.82, 2.24) is 4.90 Å². The average molecular weight is 207 g/mol. The summed E-state index contributed by atoms with van der Waals surface area (Å²) in [6.07, 6.45) is 5.55. The van der Waals surface area contributed by atoms with E-state index in [4.69, 9.17) is 4.74 Å². The Kier molecular flexibility index (Phi) is 3.86. The van der Waals surface area contributed by atoms with Crippen LogP contribution in [0.25, 0.3) is 0 Å². The first-order valence-corrected chi connectivity index (χ1v) is 4.92. The Bertz CT molecular complexity index is 329. The summed E-state index contributed by atoms with van der Waals surface area (Å²) in [5.41, 5.74) is 1.69. The Balaban J connectivity index is 2.84. The van der Waals surface area contributed by atoms with Crippen LogP contribution in [0.4, 0.5) is 0 Å². The van der Waals surface area contributed by atoms with Gasteiger partial charge in [-0.3, -0.25) is 4.79 Å². The predicted molar refractivity (Wildman–Crippen MR) is 60.5 cm³/mol. The SMILES string of the molecule is C=CC1=C(/C=C\C(C)OC)CN(C)C1=O. The zero-order valence-corrected chi connectivity index (χ0v) is 9.49. The summed E-state index contributed by atoms with van der Waals surface area (Å²) < 4.78 is 5.10. The van der Waals surface area contributed by atoms with Crippen molar-refractivity contribution in [2.24, 2.45) is 0 Å². The molecule has 1 rings (SSSR count). The first kappa shape index (κ1) is 11.7. The fraction of sp³-hybridized carbons (Fsp3) is 0.417. The second kappa shape index (κ2) is 4.94. The van der Waals surface area contributed by atoms with Gasteiger partial charge >= 0.3 is 0 Å². The topological polar surface area (TPSA) is 29.5 Å². The van der Waals surface area contributed by atoms with Crippen LogP contribution in [-0.2, 0) is 9.53 Å². The number of hydrogen-bond acceptors (Lipinski definition) is 2. The number of amides is 1. The van der Waals surface area contributed by atoms with Gasteiger partial charge in [0.2, 0.25) is 0 Å². The Morgan fingerprint density at radius 2 is 2.27 bits per heavy atom. The number of ether oxygens (including phenoxy) is 1. The highest BCUT2D eigenvalue weighted by molar-refractivity contribution is 6.00. The molecular weight excluding hydrogens is 190 g/mol. The van der Waals surface area contributed by atoms with Gasteiger partial charge in [0.05, 0.1) is 6.10 Å². The minimum Gasteiger partial charge on any atom is -0.378 e. The van der Waals surface area contributed by atoms with E-state index >= 15 is 0 Å². The molecule has 0 spiro atoms. The average Bonchev–Trinajstić information content (AvgIpc) is 2.51. The van der Waals surface area contributed by atoms with Crippen molar-refractivity contribution in [3.8, 4) is 0 Å². The van der Waals surface area contributed by atoms with E-state index < -0.39 is 0 Å². The zero-order valence-electron chi connectivity index (χ0n) is 9.49. The summed E-state index contributed by atoms with van der Waals surface area (Å²) in [5.74, 6) is 0.0368. The van der Waals surface area contributed by atoms with Gasteiger partial charge in [-0.05, 0) is 12.5 Å². The van der Waals surface area contributed by atoms with E-state index in [2.05, 4.69) is 6.58 Å². The third-order valence-corrected chi connectivity index (χ3v) is 2.47. The number of carbonyl (C=O) groups excluding carboxylic acids is 1. The van der Waals surface area contributed by atoms with Crippen LogP contribution in [0.5, 0.6) is 0 Å². The third kappa shape index (κ3) is 2.57. The van der Waals surface area contributed by atoms with Crippen LogP contribution in [-0.4, -0.2) is 37.6 Å². The summed E-state index contributed by atoms with van der Waals surface area (Å²) in [4.78, 5) is 13.3. The van der Waals surface area contributed by atoms with Gasteiger partial charge in [0.15, 0.2) is 0 Å². The van der Waals surface area contributed by atoms with Crippen molar-refractivity contribution >= 4 is 5.91 Å². The van der Waals surface area contributed by atoms with Crippen molar-refractivity contribution in [2.45, 2.75) is 13.0 Å². The number of nitrogens with zero attached hydrogens (tertiary/aromatic N) is 1. The Labute approximate surface area is 90.7 Å². The van der Waals surface area contributed by atoms with Crippen molar-refractivity contribution in [3.63, 3.8) is 0 Å². The Morgan fingerprint density at radius 3 is 2.80 bits per heavy atom. The molecule has 0 saturated heterocycles. The molecule has 0 bridgehead atoms. The van der Waals surface area contributed by atoms with Gasteiger partial charge in [-0.25, -0.2) is 0 Å². The zero-order chi connectivity index (χ0) is 11.4. The van der Waals surface area contributed by atoms with Gasteiger partial charge in [0, 0.05) is 26.3 Å². The van der Waals surface area contributed by atoms with Crippen LogP contribution >= 0.6 is 0 Å². The van der Waals surface area contributed by atoms with E-state index in [1.54, 1.807) is 25.1 Å². The maximum absolute atomic E-state index is 11.6. The molecule has 1 heterocycles. The second-order valence-corrected chi connectivity index (χ2v) is 3.60. The summed E-state index contributed by atoms with van der Waals surface area (Å²) in [5, 5.41) is 0.